The van der Waals surface area contributed by atoms with Crippen LogP contribution in [0.4, 0.5) is 32.0 Å². The summed E-state index contributed by atoms with van der Waals surface area (Å²) in [5.74, 6) is -0.729. The van der Waals surface area contributed by atoms with Gasteiger partial charge in [0.05, 0.1) is 12.1 Å². The Morgan fingerprint density at radius 1 is 0.974 bits per heavy atom. The van der Waals surface area contributed by atoms with Gasteiger partial charge in [-0.05, 0) is 68.7 Å². The van der Waals surface area contributed by atoms with Gasteiger partial charge in [-0.3, -0.25) is 15.1 Å². The Balaban J connectivity index is 1.65. The van der Waals surface area contributed by atoms with Crippen molar-refractivity contribution >= 4 is 11.6 Å². The predicted molar refractivity (Wildman–Crippen MR) is 128 cm³/mol. The van der Waals surface area contributed by atoms with Gasteiger partial charge in [0.2, 0.25) is 5.91 Å². The predicted octanol–water partition coefficient (Wildman–Crippen LogP) is 6.68. The third kappa shape index (κ3) is 6.09. The summed E-state index contributed by atoms with van der Waals surface area (Å²) in [6, 6.07) is 13.4. The largest absolute Gasteiger partial charge is 0.573 e. The number of aryl methyl sites for hydroxylation is 1. The van der Waals surface area contributed by atoms with E-state index in [4.69, 9.17) is 0 Å². The lowest BCUT2D eigenvalue weighted by molar-refractivity contribution is -0.274. The van der Waals surface area contributed by atoms with Crippen molar-refractivity contribution in [1.82, 2.24) is 10.3 Å². The van der Waals surface area contributed by atoms with E-state index >= 15 is 0 Å². The summed E-state index contributed by atoms with van der Waals surface area (Å²) in [7, 11) is 0. The van der Waals surface area contributed by atoms with Gasteiger partial charge >= 0.3 is 12.5 Å². The molecule has 0 bridgehead atoms. The van der Waals surface area contributed by atoms with E-state index in [1.165, 1.54) is 29.2 Å². The van der Waals surface area contributed by atoms with Crippen LogP contribution in [-0.2, 0) is 16.5 Å². The molecule has 1 amide bonds. The Morgan fingerprint density at radius 2 is 1.66 bits per heavy atom. The molecule has 2 atom stereocenters. The van der Waals surface area contributed by atoms with Crippen molar-refractivity contribution in [1.29, 1.82) is 0 Å². The molecule has 2 heterocycles. The number of carbonyl (C=O) groups is 1. The first-order valence-corrected chi connectivity index (χ1v) is 11.7. The molecule has 3 aromatic rings. The first-order chi connectivity index (χ1) is 17.6. The molecule has 4 rings (SSSR count). The van der Waals surface area contributed by atoms with Gasteiger partial charge in [0, 0.05) is 17.4 Å². The Kier molecular flexibility index (Phi) is 7.17. The van der Waals surface area contributed by atoms with Crippen LogP contribution in [0.15, 0.2) is 66.9 Å². The highest BCUT2D eigenvalue weighted by Gasteiger charge is 2.44. The number of amides is 1. The summed E-state index contributed by atoms with van der Waals surface area (Å²) >= 11 is 0. The van der Waals surface area contributed by atoms with E-state index in [-0.39, 0.29) is 12.3 Å². The second-order valence-electron chi connectivity index (χ2n) is 9.67. The van der Waals surface area contributed by atoms with Crippen molar-refractivity contribution in [3.63, 3.8) is 0 Å². The van der Waals surface area contributed by atoms with Crippen LogP contribution >= 0.6 is 0 Å². The number of aromatic nitrogens is 1. The maximum Gasteiger partial charge on any atom is 0.573 e. The van der Waals surface area contributed by atoms with E-state index in [1.807, 2.05) is 19.1 Å². The molecule has 1 aliphatic heterocycles. The number of nitrogens with zero attached hydrogens (tertiary/aromatic N) is 2. The SMILES string of the molecule is Cc1ccc(N2C(=O)[C@H](NC(C)(C)c3ccc(C(F)(F)F)nc3)CC2c2cccc(OC(F)(F)F)c2)cc1. The van der Waals surface area contributed by atoms with Gasteiger partial charge in [0.15, 0.2) is 0 Å². The molecular formula is C27H25F6N3O2. The van der Waals surface area contributed by atoms with E-state index in [2.05, 4.69) is 15.0 Å². The molecule has 202 valence electrons. The molecule has 1 aliphatic rings. The zero-order valence-electron chi connectivity index (χ0n) is 20.7. The topological polar surface area (TPSA) is 54.5 Å². The maximum absolute atomic E-state index is 13.7. The normalized spacial score (nSPS) is 18.7. The van der Waals surface area contributed by atoms with Gasteiger partial charge in [-0.25, -0.2) is 0 Å². The average Bonchev–Trinajstić information content (AvgIpc) is 3.13. The Morgan fingerprint density at radius 3 is 2.24 bits per heavy atom. The number of nitrogens with one attached hydrogen (secondary N) is 1. The molecule has 0 saturated carbocycles. The number of anilines is 1. The molecular weight excluding hydrogens is 512 g/mol. The van der Waals surface area contributed by atoms with E-state index in [0.717, 1.165) is 17.8 Å². The quantitative estimate of drug-likeness (QED) is 0.357. The third-order valence-electron chi connectivity index (χ3n) is 6.41. The van der Waals surface area contributed by atoms with Crippen LogP contribution in [0.2, 0.25) is 0 Å². The minimum Gasteiger partial charge on any atom is -0.406 e. The van der Waals surface area contributed by atoms with Crippen molar-refractivity contribution < 1.29 is 35.9 Å². The number of ether oxygens (including phenoxy) is 1. The fraction of sp³-hybridized carbons (Fsp3) is 0.333. The Labute approximate surface area is 215 Å². The summed E-state index contributed by atoms with van der Waals surface area (Å²) in [5, 5.41) is 3.22. The molecule has 0 aliphatic carbocycles. The van der Waals surface area contributed by atoms with Gasteiger partial charge in [0.25, 0.3) is 0 Å². The summed E-state index contributed by atoms with van der Waals surface area (Å²) < 4.78 is 81.4. The van der Waals surface area contributed by atoms with Crippen molar-refractivity contribution in [3.8, 4) is 5.75 Å². The highest BCUT2D eigenvalue weighted by atomic mass is 19.4. The number of hydrogen-bond donors (Lipinski definition) is 1. The molecule has 2 aromatic carbocycles. The van der Waals surface area contributed by atoms with Crippen molar-refractivity contribution in [3.05, 3.63) is 89.2 Å². The summed E-state index contributed by atoms with van der Waals surface area (Å²) in [6.07, 6.45) is -8.14. The van der Waals surface area contributed by atoms with Crippen LogP contribution in [-0.4, -0.2) is 23.3 Å². The summed E-state index contributed by atoms with van der Waals surface area (Å²) in [6.45, 7) is 5.31. The number of alkyl halides is 6. The average molecular weight is 538 g/mol. The first-order valence-electron chi connectivity index (χ1n) is 11.7. The molecule has 38 heavy (non-hydrogen) atoms. The molecule has 0 radical (unpaired) electrons. The molecule has 11 heteroatoms. The minimum atomic E-state index is -4.87. The summed E-state index contributed by atoms with van der Waals surface area (Å²) in [5.41, 5.74) is 0.421. The fourth-order valence-corrected chi connectivity index (χ4v) is 4.54. The number of rotatable bonds is 6. The third-order valence-corrected chi connectivity index (χ3v) is 6.41. The highest BCUT2D eigenvalue weighted by Crippen LogP contribution is 2.40. The lowest BCUT2D eigenvalue weighted by Gasteiger charge is -2.30. The van der Waals surface area contributed by atoms with Crippen molar-refractivity contribution in [2.75, 3.05) is 4.90 Å². The van der Waals surface area contributed by atoms with E-state index < -0.39 is 41.6 Å². The number of hydrogen-bond acceptors (Lipinski definition) is 4. The van der Waals surface area contributed by atoms with Gasteiger partial charge in [-0.2, -0.15) is 13.2 Å². The molecule has 1 fully saturated rings. The van der Waals surface area contributed by atoms with Crippen molar-refractivity contribution in [2.24, 2.45) is 0 Å². The number of benzene rings is 2. The molecule has 1 N–H and O–H groups in total. The van der Waals surface area contributed by atoms with Gasteiger partial charge in [0.1, 0.15) is 11.4 Å². The van der Waals surface area contributed by atoms with Crippen molar-refractivity contribution in [2.45, 2.75) is 57.4 Å². The van der Waals surface area contributed by atoms with Crippen LogP contribution in [0, 0.1) is 6.92 Å². The number of carbonyl (C=O) groups excluding carboxylic acids is 1. The fourth-order valence-electron chi connectivity index (χ4n) is 4.54. The standard InChI is InChI=1S/C27H25F6N3O2/c1-16-7-10-19(11-8-16)36-22(17-5-4-6-20(13-17)38-27(31,32)33)14-21(24(36)37)35-25(2,3)18-9-12-23(34-15-18)26(28,29)30/h4-13,15,21-22,35H,14H2,1-3H3/t21-,22?/m1/s1. The van der Waals surface area contributed by atoms with E-state index in [1.54, 1.807) is 32.0 Å². The second kappa shape index (κ2) is 9.94. The second-order valence-corrected chi connectivity index (χ2v) is 9.67. The molecule has 1 saturated heterocycles. The molecule has 5 nitrogen and oxygen atoms in total. The Bertz CT molecular complexity index is 1290. The zero-order valence-corrected chi connectivity index (χ0v) is 20.7. The van der Waals surface area contributed by atoms with Gasteiger partial charge < -0.3 is 9.64 Å². The van der Waals surface area contributed by atoms with E-state index in [9.17, 15) is 31.1 Å². The number of pyridine rings is 1. The Hall–Kier alpha value is -3.60. The maximum atomic E-state index is 13.7. The lowest BCUT2D eigenvalue weighted by Crippen LogP contribution is -2.47. The van der Waals surface area contributed by atoms with E-state index in [0.29, 0.717) is 16.8 Å². The van der Waals surface area contributed by atoms with Crippen LogP contribution in [0.5, 0.6) is 5.75 Å². The first kappa shape index (κ1) is 27.4. The molecule has 0 spiro atoms. The van der Waals surface area contributed by atoms with Crippen LogP contribution < -0.4 is 15.0 Å². The molecule has 1 aromatic heterocycles. The zero-order chi connectivity index (χ0) is 27.9. The van der Waals surface area contributed by atoms with Gasteiger partial charge in [-0.15, -0.1) is 13.2 Å². The monoisotopic (exact) mass is 537 g/mol. The van der Waals surface area contributed by atoms with Crippen LogP contribution in [0.25, 0.3) is 0 Å². The molecule has 1 unspecified atom stereocenters. The van der Waals surface area contributed by atoms with Gasteiger partial charge in [-0.1, -0.05) is 35.9 Å². The minimum absolute atomic E-state index is 0.194. The smallest absolute Gasteiger partial charge is 0.406 e. The summed E-state index contributed by atoms with van der Waals surface area (Å²) in [4.78, 5) is 18.7. The van der Waals surface area contributed by atoms with Crippen LogP contribution in [0.1, 0.15) is 48.7 Å². The van der Waals surface area contributed by atoms with Crippen LogP contribution in [0.3, 0.4) is 0 Å². The highest BCUT2D eigenvalue weighted by molar-refractivity contribution is 6.00. The lowest BCUT2D eigenvalue weighted by atomic mass is 9.93. The number of halogens is 6.